The van der Waals surface area contributed by atoms with E-state index in [-0.39, 0.29) is 10.6 Å². The zero-order chi connectivity index (χ0) is 13.9. The SMILES string of the molecule is CS(=O)(=O)c1ccc(F)c(NCc2ccccn2)c1. The highest BCUT2D eigenvalue weighted by molar-refractivity contribution is 7.90. The number of hydrogen-bond acceptors (Lipinski definition) is 4. The first-order chi connectivity index (χ1) is 8.97. The Hall–Kier alpha value is -1.95. The molecule has 1 aromatic heterocycles. The number of halogens is 1. The molecule has 0 saturated heterocycles. The van der Waals surface area contributed by atoms with Gasteiger partial charge in [-0.05, 0) is 30.3 Å². The van der Waals surface area contributed by atoms with Crippen molar-refractivity contribution in [1.29, 1.82) is 0 Å². The fourth-order valence-electron chi connectivity index (χ4n) is 1.56. The van der Waals surface area contributed by atoms with Crippen LogP contribution in [0.2, 0.25) is 0 Å². The molecule has 2 rings (SSSR count). The summed E-state index contributed by atoms with van der Waals surface area (Å²) in [4.78, 5) is 4.17. The summed E-state index contributed by atoms with van der Waals surface area (Å²) in [5.74, 6) is -0.497. The predicted molar refractivity (Wildman–Crippen MR) is 71.1 cm³/mol. The van der Waals surface area contributed by atoms with Gasteiger partial charge in [0.05, 0.1) is 22.8 Å². The summed E-state index contributed by atoms with van der Waals surface area (Å²) >= 11 is 0. The Balaban J connectivity index is 2.21. The maximum absolute atomic E-state index is 13.6. The molecular formula is C13H13FN2O2S. The highest BCUT2D eigenvalue weighted by atomic mass is 32.2. The normalized spacial score (nSPS) is 11.3. The highest BCUT2D eigenvalue weighted by Gasteiger charge is 2.10. The van der Waals surface area contributed by atoms with Crippen LogP contribution in [0.15, 0.2) is 47.5 Å². The molecule has 0 unspecified atom stereocenters. The van der Waals surface area contributed by atoms with Crippen molar-refractivity contribution >= 4 is 15.5 Å². The Labute approximate surface area is 111 Å². The molecule has 0 aliphatic heterocycles. The van der Waals surface area contributed by atoms with Crippen LogP contribution in [0, 0.1) is 5.82 Å². The number of nitrogens with zero attached hydrogens (tertiary/aromatic N) is 1. The number of benzene rings is 1. The Bertz CT molecular complexity index is 672. The number of hydrogen-bond donors (Lipinski definition) is 1. The molecule has 6 heteroatoms. The van der Waals surface area contributed by atoms with E-state index in [1.165, 1.54) is 12.1 Å². The summed E-state index contributed by atoms with van der Waals surface area (Å²) in [6.45, 7) is 0.324. The smallest absolute Gasteiger partial charge is 0.175 e. The maximum Gasteiger partial charge on any atom is 0.175 e. The van der Waals surface area contributed by atoms with Crippen LogP contribution in [-0.4, -0.2) is 19.7 Å². The molecule has 1 heterocycles. The van der Waals surface area contributed by atoms with E-state index in [0.717, 1.165) is 18.0 Å². The number of sulfone groups is 1. The molecular weight excluding hydrogens is 267 g/mol. The van der Waals surface area contributed by atoms with Crippen molar-refractivity contribution in [2.24, 2.45) is 0 Å². The van der Waals surface area contributed by atoms with Crippen molar-refractivity contribution in [3.05, 3.63) is 54.1 Å². The first kappa shape index (κ1) is 13.5. The van der Waals surface area contributed by atoms with Gasteiger partial charge in [-0.1, -0.05) is 6.07 Å². The van der Waals surface area contributed by atoms with Crippen molar-refractivity contribution in [3.8, 4) is 0 Å². The first-order valence-corrected chi connectivity index (χ1v) is 7.49. The lowest BCUT2D eigenvalue weighted by Crippen LogP contribution is -2.05. The van der Waals surface area contributed by atoms with Crippen LogP contribution >= 0.6 is 0 Å². The zero-order valence-electron chi connectivity index (χ0n) is 10.3. The molecule has 0 aliphatic carbocycles. The van der Waals surface area contributed by atoms with Gasteiger partial charge in [0.2, 0.25) is 0 Å². The molecule has 0 saturated carbocycles. The third kappa shape index (κ3) is 3.51. The minimum Gasteiger partial charge on any atom is -0.377 e. The molecule has 0 amide bonds. The fraction of sp³-hybridized carbons (Fsp3) is 0.154. The van der Waals surface area contributed by atoms with Gasteiger partial charge in [-0.2, -0.15) is 0 Å². The number of pyridine rings is 1. The van der Waals surface area contributed by atoms with Crippen LogP contribution in [-0.2, 0) is 16.4 Å². The summed E-state index contributed by atoms with van der Waals surface area (Å²) in [5, 5.41) is 2.84. The lowest BCUT2D eigenvalue weighted by Gasteiger charge is -2.08. The highest BCUT2D eigenvalue weighted by Crippen LogP contribution is 2.20. The van der Waals surface area contributed by atoms with Gasteiger partial charge < -0.3 is 5.32 Å². The van der Waals surface area contributed by atoms with Gasteiger partial charge in [-0.25, -0.2) is 12.8 Å². The summed E-state index contributed by atoms with van der Waals surface area (Å²) in [6, 6.07) is 9.08. The lowest BCUT2D eigenvalue weighted by molar-refractivity contribution is 0.600. The van der Waals surface area contributed by atoms with Crippen molar-refractivity contribution < 1.29 is 12.8 Å². The van der Waals surface area contributed by atoms with E-state index in [1.54, 1.807) is 18.3 Å². The molecule has 0 radical (unpaired) electrons. The van der Waals surface area contributed by atoms with Crippen molar-refractivity contribution in [2.75, 3.05) is 11.6 Å². The maximum atomic E-state index is 13.6. The Morgan fingerprint density at radius 2 is 2.05 bits per heavy atom. The summed E-state index contributed by atoms with van der Waals surface area (Å²) < 4.78 is 36.4. The summed E-state index contributed by atoms with van der Waals surface area (Å²) in [7, 11) is -3.35. The first-order valence-electron chi connectivity index (χ1n) is 5.60. The van der Waals surface area contributed by atoms with E-state index in [2.05, 4.69) is 10.3 Å². The van der Waals surface area contributed by atoms with Gasteiger partial charge >= 0.3 is 0 Å². The number of nitrogens with one attached hydrogen (secondary N) is 1. The quantitative estimate of drug-likeness (QED) is 0.873. The van der Waals surface area contributed by atoms with Crippen molar-refractivity contribution in [3.63, 3.8) is 0 Å². The lowest BCUT2D eigenvalue weighted by atomic mass is 10.3. The van der Waals surface area contributed by atoms with E-state index < -0.39 is 15.7 Å². The van der Waals surface area contributed by atoms with Gasteiger partial charge in [-0.3, -0.25) is 4.98 Å². The average Bonchev–Trinajstić information content (AvgIpc) is 2.37. The van der Waals surface area contributed by atoms with Gasteiger partial charge in [-0.15, -0.1) is 0 Å². The van der Waals surface area contributed by atoms with Crippen LogP contribution in [0.5, 0.6) is 0 Å². The minimum absolute atomic E-state index is 0.0809. The number of aromatic nitrogens is 1. The van der Waals surface area contributed by atoms with Gasteiger partial charge in [0.15, 0.2) is 9.84 Å². The molecule has 1 N–H and O–H groups in total. The average molecular weight is 280 g/mol. The van der Waals surface area contributed by atoms with Crippen LogP contribution in [0.1, 0.15) is 5.69 Å². The molecule has 0 fully saturated rings. The second-order valence-corrected chi connectivity index (χ2v) is 6.10. The van der Waals surface area contributed by atoms with E-state index in [9.17, 15) is 12.8 Å². The van der Waals surface area contributed by atoms with E-state index in [0.29, 0.717) is 6.54 Å². The third-order valence-electron chi connectivity index (χ3n) is 2.55. The zero-order valence-corrected chi connectivity index (χ0v) is 11.1. The molecule has 0 aliphatic rings. The van der Waals surface area contributed by atoms with Crippen LogP contribution < -0.4 is 5.32 Å². The molecule has 19 heavy (non-hydrogen) atoms. The third-order valence-corrected chi connectivity index (χ3v) is 3.66. The molecule has 0 atom stereocenters. The van der Waals surface area contributed by atoms with Crippen LogP contribution in [0.25, 0.3) is 0 Å². The van der Waals surface area contributed by atoms with E-state index in [4.69, 9.17) is 0 Å². The number of anilines is 1. The standard InChI is InChI=1S/C13H13FN2O2S/c1-19(17,18)11-5-6-12(14)13(8-11)16-9-10-4-2-3-7-15-10/h2-8,16H,9H2,1H3. The molecule has 2 aromatic rings. The summed E-state index contributed by atoms with van der Waals surface area (Å²) in [6.07, 6.45) is 2.73. The Morgan fingerprint density at radius 1 is 1.26 bits per heavy atom. The van der Waals surface area contributed by atoms with Gasteiger partial charge in [0, 0.05) is 12.5 Å². The Morgan fingerprint density at radius 3 is 2.68 bits per heavy atom. The molecule has 1 aromatic carbocycles. The molecule has 4 nitrogen and oxygen atoms in total. The molecule has 100 valence electrons. The van der Waals surface area contributed by atoms with Crippen LogP contribution in [0.4, 0.5) is 10.1 Å². The second-order valence-electron chi connectivity index (χ2n) is 4.09. The summed E-state index contributed by atoms with van der Waals surface area (Å²) in [5.41, 5.74) is 0.889. The van der Waals surface area contributed by atoms with Crippen LogP contribution in [0.3, 0.4) is 0 Å². The number of rotatable bonds is 4. The van der Waals surface area contributed by atoms with E-state index >= 15 is 0 Å². The second kappa shape index (κ2) is 5.36. The predicted octanol–water partition coefficient (Wildman–Crippen LogP) is 2.24. The topological polar surface area (TPSA) is 59.1 Å². The van der Waals surface area contributed by atoms with Gasteiger partial charge in [0.25, 0.3) is 0 Å². The molecule has 0 bridgehead atoms. The van der Waals surface area contributed by atoms with Crippen molar-refractivity contribution in [1.82, 2.24) is 4.98 Å². The monoisotopic (exact) mass is 280 g/mol. The Kier molecular flexibility index (Phi) is 3.80. The largest absolute Gasteiger partial charge is 0.377 e. The fourth-order valence-corrected chi connectivity index (χ4v) is 2.21. The minimum atomic E-state index is -3.35. The van der Waals surface area contributed by atoms with Crippen molar-refractivity contribution in [2.45, 2.75) is 11.4 Å². The van der Waals surface area contributed by atoms with Gasteiger partial charge in [0.1, 0.15) is 5.82 Å². The molecule has 0 spiro atoms. The van der Waals surface area contributed by atoms with E-state index in [1.807, 2.05) is 6.07 Å².